The highest BCUT2D eigenvalue weighted by Gasteiger charge is 2.21. The summed E-state index contributed by atoms with van der Waals surface area (Å²) in [5.41, 5.74) is 3.87. The molecular weight excluding hydrogens is 733 g/mol. The topological polar surface area (TPSA) is 61.0 Å². The van der Waals surface area contributed by atoms with E-state index in [1.807, 2.05) is 89.8 Å². The van der Waals surface area contributed by atoms with Gasteiger partial charge in [0.15, 0.2) is 0 Å². The van der Waals surface area contributed by atoms with Crippen molar-refractivity contribution in [2.24, 2.45) is 9.98 Å². The van der Waals surface area contributed by atoms with Crippen molar-refractivity contribution >= 4 is 82.2 Å². The Bertz CT molecular complexity index is 1800. The maximum Gasteiger partial charge on any atom is 0.110 e. The molecule has 0 fully saturated rings. The van der Waals surface area contributed by atoms with E-state index < -0.39 is 0 Å². The molecule has 3 atom stereocenters. The molecule has 0 N–H and O–H groups in total. The van der Waals surface area contributed by atoms with Crippen LogP contribution in [0.4, 0.5) is 0 Å². The highest BCUT2D eigenvalue weighted by Crippen LogP contribution is 2.33. The lowest BCUT2D eigenvalue weighted by molar-refractivity contribution is 0.0280. The number of rotatable bonds is 12. The third-order valence-corrected chi connectivity index (χ3v) is 8.95. The fourth-order valence-electron chi connectivity index (χ4n) is 4.83. The second-order valence-electron chi connectivity index (χ2n) is 10.8. The second kappa shape index (κ2) is 18.2. The summed E-state index contributed by atoms with van der Waals surface area (Å²) in [6.45, 7) is 1.51. The molecule has 1 aliphatic heterocycles. The van der Waals surface area contributed by atoms with E-state index in [9.17, 15) is 0 Å². The molecule has 48 heavy (non-hydrogen) atoms. The summed E-state index contributed by atoms with van der Waals surface area (Å²) in [5, 5.41) is 3.77. The van der Waals surface area contributed by atoms with E-state index >= 15 is 0 Å². The number of hydrogen-bond acceptors (Lipinski definition) is 5. The molecule has 0 saturated carbocycles. The molecule has 0 spiro atoms. The predicted octanol–water partition coefficient (Wildman–Crippen LogP) is 11.6. The van der Waals surface area contributed by atoms with Gasteiger partial charge in [0.1, 0.15) is 12.4 Å². The number of benzene rings is 4. The van der Waals surface area contributed by atoms with E-state index in [-0.39, 0.29) is 18.2 Å². The average molecular weight is 763 g/mol. The van der Waals surface area contributed by atoms with Crippen molar-refractivity contribution in [2.75, 3.05) is 0 Å². The van der Waals surface area contributed by atoms with Gasteiger partial charge in [0.25, 0.3) is 0 Å². The van der Waals surface area contributed by atoms with Crippen molar-refractivity contribution in [3.8, 4) is 0 Å². The summed E-state index contributed by atoms with van der Waals surface area (Å²) in [6, 6.07) is 26.0. The first-order valence-corrected chi connectivity index (χ1v) is 17.1. The fraction of sp³-hybridized carbons (Fsp3) is 0.194. The largest absolute Gasteiger partial charge is 0.369 e. The molecule has 4 aromatic carbocycles. The molecule has 2 heterocycles. The minimum Gasteiger partial charge on any atom is -0.369 e. The molecule has 2 unspecified atom stereocenters. The summed E-state index contributed by atoms with van der Waals surface area (Å²) in [4.78, 5) is 12.4. The highest BCUT2D eigenvalue weighted by atomic mass is 35.5. The molecule has 6 rings (SSSR count). The van der Waals surface area contributed by atoms with E-state index in [1.54, 1.807) is 31.0 Å². The first-order valence-electron chi connectivity index (χ1n) is 14.9. The number of nitrogens with zero attached hydrogens (tertiary/aromatic N) is 4. The lowest BCUT2D eigenvalue weighted by Gasteiger charge is -2.21. The first kappa shape index (κ1) is 36.4. The van der Waals surface area contributed by atoms with Crippen LogP contribution in [0.25, 0.3) is 0 Å². The normalized spacial score (nSPS) is 14.8. The van der Waals surface area contributed by atoms with Crippen molar-refractivity contribution in [3.63, 3.8) is 0 Å². The SMILES string of the molecule is Clc1ccc(COC(CC2C=NC=N2)c2ccc(Cl)cc2Cl)cc1.Clc1ccc(CO[C@@H](Cn2ccnc2)c2ccc(Cl)cc2Cl)cc1. The number of imidazole rings is 1. The number of hydrogen-bond donors (Lipinski definition) is 0. The molecule has 0 aliphatic carbocycles. The minimum atomic E-state index is -0.223. The Hall–Kier alpha value is -2.91. The Labute approximate surface area is 309 Å². The van der Waals surface area contributed by atoms with Crippen LogP contribution in [0.2, 0.25) is 30.1 Å². The monoisotopic (exact) mass is 760 g/mol. The quantitative estimate of drug-likeness (QED) is 0.127. The van der Waals surface area contributed by atoms with Crippen LogP contribution < -0.4 is 0 Å². The maximum absolute atomic E-state index is 6.36. The van der Waals surface area contributed by atoms with Gasteiger partial charge in [0, 0.05) is 60.7 Å². The van der Waals surface area contributed by atoms with Gasteiger partial charge in [-0.05, 0) is 65.2 Å². The van der Waals surface area contributed by atoms with Gasteiger partial charge in [-0.25, -0.2) is 9.98 Å². The Morgan fingerprint density at radius 2 is 1.17 bits per heavy atom. The van der Waals surface area contributed by atoms with E-state index in [0.29, 0.717) is 56.3 Å². The van der Waals surface area contributed by atoms with Gasteiger partial charge >= 0.3 is 0 Å². The van der Waals surface area contributed by atoms with Gasteiger partial charge in [-0.3, -0.25) is 4.99 Å². The number of halogens is 6. The highest BCUT2D eigenvalue weighted by molar-refractivity contribution is 6.35. The first-order chi connectivity index (χ1) is 23.2. The van der Waals surface area contributed by atoms with Gasteiger partial charge < -0.3 is 14.0 Å². The number of ether oxygens (including phenoxy) is 2. The Morgan fingerprint density at radius 3 is 1.65 bits per heavy atom. The van der Waals surface area contributed by atoms with E-state index in [1.165, 1.54) is 0 Å². The smallest absolute Gasteiger partial charge is 0.110 e. The van der Waals surface area contributed by atoms with Crippen LogP contribution in [0.3, 0.4) is 0 Å². The molecule has 6 nitrogen and oxygen atoms in total. The van der Waals surface area contributed by atoms with Crippen LogP contribution in [0.1, 0.15) is 40.9 Å². The fourth-order valence-corrected chi connectivity index (χ4v) is 6.15. The van der Waals surface area contributed by atoms with Gasteiger partial charge in [-0.2, -0.15) is 0 Å². The van der Waals surface area contributed by atoms with Crippen LogP contribution in [0.5, 0.6) is 0 Å². The van der Waals surface area contributed by atoms with Gasteiger partial charge in [-0.1, -0.05) is 106 Å². The number of aliphatic imine (C=N–C) groups is 2. The molecule has 0 radical (unpaired) electrons. The van der Waals surface area contributed by atoms with Crippen molar-refractivity contribution in [2.45, 2.75) is 44.4 Å². The summed E-state index contributed by atoms with van der Waals surface area (Å²) in [6.07, 6.45) is 8.98. The van der Waals surface area contributed by atoms with Crippen LogP contribution in [0, 0.1) is 0 Å². The number of aromatic nitrogens is 2. The molecular formula is C36H30Cl6N4O2. The molecule has 0 amide bonds. The maximum atomic E-state index is 6.36. The molecule has 1 aromatic heterocycles. The van der Waals surface area contributed by atoms with Gasteiger partial charge in [-0.15, -0.1) is 0 Å². The molecule has 0 saturated heterocycles. The Morgan fingerprint density at radius 1 is 0.646 bits per heavy atom. The lowest BCUT2D eigenvalue weighted by Crippen LogP contribution is -2.14. The average Bonchev–Trinajstić information content (AvgIpc) is 3.78. The van der Waals surface area contributed by atoms with E-state index in [4.69, 9.17) is 79.1 Å². The summed E-state index contributed by atoms with van der Waals surface area (Å²) in [5.74, 6) is 0. The van der Waals surface area contributed by atoms with Crippen molar-refractivity contribution in [3.05, 3.63) is 156 Å². The van der Waals surface area contributed by atoms with Gasteiger partial charge in [0.05, 0.1) is 38.2 Å². The van der Waals surface area contributed by atoms with E-state index in [2.05, 4.69) is 15.0 Å². The van der Waals surface area contributed by atoms with Gasteiger partial charge in [0.2, 0.25) is 0 Å². The standard InChI is InChI=1S/2C18H15Cl3N2O/c19-13-3-1-12(2-4-13)10-24-18(8-15-9-22-11-23-15)16-6-5-14(20)7-17(16)21;19-14-3-1-13(2-4-14)11-24-18(10-23-8-7-22-12-23)16-6-5-15(20)9-17(16)21/h1-7,9,11,15,18H,8,10H2;1-9,12,18H,10-11H2/t;18-/m.0/s1. The van der Waals surface area contributed by atoms with Crippen LogP contribution in [-0.2, 0) is 29.2 Å². The molecule has 1 aliphatic rings. The zero-order valence-electron chi connectivity index (χ0n) is 25.4. The molecule has 12 heteroatoms. The zero-order chi connectivity index (χ0) is 33.9. The minimum absolute atomic E-state index is 0.00744. The van der Waals surface area contributed by atoms with Crippen LogP contribution in [-0.4, -0.2) is 28.1 Å². The summed E-state index contributed by atoms with van der Waals surface area (Å²) < 4.78 is 14.2. The Balaban J connectivity index is 0.000000188. The predicted molar refractivity (Wildman–Crippen MR) is 199 cm³/mol. The van der Waals surface area contributed by atoms with Crippen LogP contribution in [0.15, 0.2) is 114 Å². The molecule has 248 valence electrons. The van der Waals surface area contributed by atoms with Crippen molar-refractivity contribution < 1.29 is 9.47 Å². The van der Waals surface area contributed by atoms with Crippen LogP contribution >= 0.6 is 69.6 Å². The summed E-state index contributed by atoms with van der Waals surface area (Å²) >= 11 is 36.6. The lowest BCUT2D eigenvalue weighted by atomic mass is 10.0. The third kappa shape index (κ3) is 11.1. The summed E-state index contributed by atoms with van der Waals surface area (Å²) in [7, 11) is 0. The molecule has 5 aromatic rings. The second-order valence-corrected chi connectivity index (χ2v) is 13.4. The van der Waals surface area contributed by atoms with Crippen molar-refractivity contribution in [1.82, 2.24) is 9.55 Å². The van der Waals surface area contributed by atoms with Crippen molar-refractivity contribution in [1.29, 1.82) is 0 Å². The zero-order valence-corrected chi connectivity index (χ0v) is 29.9. The third-order valence-electron chi connectivity index (χ3n) is 7.32. The van der Waals surface area contributed by atoms with E-state index in [0.717, 1.165) is 22.3 Å². The Kier molecular flexibility index (Phi) is 13.8. The molecule has 0 bridgehead atoms.